The topological polar surface area (TPSA) is 65.5 Å². The number of carbonyl (C=O) groups is 1. The normalized spacial score (nSPS) is 14.3. The Morgan fingerprint density at radius 3 is 2.68 bits per heavy atom. The fourth-order valence-electron chi connectivity index (χ4n) is 2.99. The van der Waals surface area contributed by atoms with Gasteiger partial charge in [-0.1, -0.05) is 36.8 Å². The number of hydrogen-bond donors (Lipinski definition) is 3. The van der Waals surface area contributed by atoms with Crippen molar-refractivity contribution in [2.75, 3.05) is 11.9 Å². The molecule has 1 fully saturated rings. The summed E-state index contributed by atoms with van der Waals surface area (Å²) in [4.78, 5) is 16.7. The molecule has 1 aliphatic rings. The SMILES string of the molecule is CCNC(=NCc1cccc(NC(=O)C2CCC2)c1)NCc1ccccc1F. The zero-order valence-corrected chi connectivity index (χ0v) is 16.2. The number of amides is 1. The monoisotopic (exact) mass is 382 g/mol. The Kier molecular flexibility index (Phi) is 7.00. The van der Waals surface area contributed by atoms with E-state index in [2.05, 4.69) is 20.9 Å². The van der Waals surface area contributed by atoms with Crippen LogP contribution in [-0.4, -0.2) is 18.4 Å². The molecule has 148 valence electrons. The number of halogens is 1. The average Bonchev–Trinajstić information content (AvgIpc) is 2.64. The molecule has 0 spiro atoms. The van der Waals surface area contributed by atoms with Gasteiger partial charge in [0.15, 0.2) is 5.96 Å². The summed E-state index contributed by atoms with van der Waals surface area (Å²) in [6, 6.07) is 14.4. The molecule has 0 heterocycles. The summed E-state index contributed by atoms with van der Waals surface area (Å²) in [6.07, 6.45) is 3.10. The lowest BCUT2D eigenvalue weighted by Gasteiger charge is -2.24. The van der Waals surface area contributed by atoms with Crippen LogP contribution in [0.25, 0.3) is 0 Å². The van der Waals surface area contributed by atoms with Crippen LogP contribution >= 0.6 is 0 Å². The lowest BCUT2D eigenvalue weighted by molar-refractivity contribution is -0.122. The molecule has 0 bridgehead atoms. The van der Waals surface area contributed by atoms with Crippen LogP contribution in [-0.2, 0) is 17.9 Å². The third-order valence-corrected chi connectivity index (χ3v) is 4.84. The number of nitrogens with one attached hydrogen (secondary N) is 3. The van der Waals surface area contributed by atoms with Gasteiger partial charge < -0.3 is 16.0 Å². The highest BCUT2D eigenvalue weighted by molar-refractivity contribution is 5.93. The fraction of sp³-hybridized carbons (Fsp3) is 0.364. The maximum Gasteiger partial charge on any atom is 0.227 e. The molecule has 3 rings (SSSR count). The van der Waals surface area contributed by atoms with Gasteiger partial charge in [0.25, 0.3) is 0 Å². The molecule has 0 atom stereocenters. The summed E-state index contributed by atoms with van der Waals surface area (Å²) in [5.74, 6) is 0.645. The minimum Gasteiger partial charge on any atom is -0.357 e. The molecule has 1 amide bonds. The van der Waals surface area contributed by atoms with Gasteiger partial charge in [-0.2, -0.15) is 0 Å². The minimum atomic E-state index is -0.235. The van der Waals surface area contributed by atoms with Gasteiger partial charge in [0.1, 0.15) is 5.82 Å². The van der Waals surface area contributed by atoms with Crippen molar-refractivity contribution in [2.24, 2.45) is 10.9 Å². The number of guanidine groups is 1. The summed E-state index contributed by atoms with van der Waals surface area (Å²) in [5.41, 5.74) is 2.39. The van der Waals surface area contributed by atoms with E-state index in [4.69, 9.17) is 0 Å². The fourth-order valence-corrected chi connectivity index (χ4v) is 2.99. The second-order valence-corrected chi connectivity index (χ2v) is 6.96. The first kappa shape index (κ1) is 19.9. The van der Waals surface area contributed by atoms with Crippen molar-refractivity contribution in [1.29, 1.82) is 0 Å². The van der Waals surface area contributed by atoms with Crippen LogP contribution < -0.4 is 16.0 Å². The van der Waals surface area contributed by atoms with Crippen molar-refractivity contribution in [3.63, 3.8) is 0 Å². The van der Waals surface area contributed by atoms with Crippen molar-refractivity contribution in [3.05, 3.63) is 65.5 Å². The van der Waals surface area contributed by atoms with E-state index in [1.165, 1.54) is 6.07 Å². The Morgan fingerprint density at radius 1 is 1.14 bits per heavy atom. The number of anilines is 1. The number of aliphatic imine (C=N–C) groups is 1. The Balaban J connectivity index is 1.59. The second-order valence-electron chi connectivity index (χ2n) is 6.96. The van der Waals surface area contributed by atoms with Crippen LogP contribution in [0.15, 0.2) is 53.5 Å². The number of rotatable bonds is 7. The molecule has 0 unspecified atom stereocenters. The van der Waals surface area contributed by atoms with E-state index in [1.807, 2.05) is 37.3 Å². The summed E-state index contributed by atoms with van der Waals surface area (Å²) in [7, 11) is 0. The van der Waals surface area contributed by atoms with E-state index in [9.17, 15) is 9.18 Å². The van der Waals surface area contributed by atoms with Crippen molar-refractivity contribution in [2.45, 2.75) is 39.3 Å². The third kappa shape index (κ3) is 5.55. The first-order valence-corrected chi connectivity index (χ1v) is 9.81. The van der Waals surface area contributed by atoms with Crippen molar-refractivity contribution in [1.82, 2.24) is 10.6 Å². The van der Waals surface area contributed by atoms with Crippen molar-refractivity contribution >= 4 is 17.6 Å². The molecule has 6 heteroatoms. The molecule has 1 saturated carbocycles. The van der Waals surface area contributed by atoms with Crippen LogP contribution in [0, 0.1) is 11.7 Å². The van der Waals surface area contributed by atoms with E-state index in [0.29, 0.717) is 31.2 Å². The highest BCUT2D eigenvalue weighted by Crippen LogP contribution is 2.27. The minimum absolute atomic E-state index is 0.104. The number of nitrogens with zero attached hydrogens (tertiary/aromatic N) is 1. The van der Waals surface area contributed by atoms with E-state index in [1.54, 1.807) is 12.1 Å². The molecule has 0 aliphatic heterocycles. The van der Waals surface area contributed by atoms with Gasteiger partial charge in [0.05, 0.1) is 6.54 Å². The first-order valence-electron chi connectivity index (χ1n) is 9.81. The van der Waals surface area contributed by atoms with E-state index in [-0.39, 0.29) is 17.6 Å². The molecule has 2 aromatic rings. The van der Waals surface area contributed by atoms with Crippen LogP contribution in [0.4, 0.5) is 10.1 Å². The first-order chi connectivity index (χ1) is 13.7. The van der Waals surface area contributed by atoms with Crippen molar-refractivity contribution < 1.29 is 9.18 Å². The molecule has 3 N–H and O–H groups in total. The Bertz CT molecular complexity index is 833. The second kappa shape index (κ2) is 9.88. The maximum absolute atomic E-state index is 13.8. The van der Waals surface area contributed by atoms with Crippen LogP contribution in [0.2, 0.25) is 0 Å². The Hall–Kier alpha value is -2.89. The molecule has 1 aliphatic carbocycles. The maximum atomic E-state index is 13.8. The van der Waals surface area contributed by atoms with Crippen LogP contribution in [0.3, 0.4) is 0 Å². The van der Waals surface area contributed by atoms with Gasteiger partial charge >= 0.3 is 0 Å². The molecular formula is C22H27FN4O. The van der Waals surface area contributed by atoms with Gasteiger partial charge in [-0.3, -0.25) is 4.79 Å². The summed E-state index contributed by atoms with van der Waals surface area (Å²) < 4.78 is 13.8. The molecule has 2 aromatic carbocycles. The molecular weight excluding hydrogens is 355 g/mol. The lowest BCUT2D eigenvalue weighted by atomic mass is 9.85. The summed E-state index contributed by atoms with van der Waals surface area (Å²) >= 11 is 0. The number of carbonyl (C=O) groups excluding carboxylic acids is 1. The highest BCUT2D eigenvalue weighted by atomic mass is 19.1. The van der Waals surface area contributed by atoms with Crippen LogP contribution in [0.1, 0.15) is 37.3 Å². The standard InChI is InChI=1S/C22H27FN4O/c1-2-24-22(26-15-18-8-3-4-12-20(18)23)25-14-16-7-5-11-19(13-16)27-21(28)17-9-6-10-17/h3-5,7-8,11-13,17H,2,6,9-10,14-15H2,1H3,(H,27,28)(H2,24,25,26). The quantitative estimate of drug-likeness (QED) is 0.504. The summed E-state index contributed by atoms with van der Waals surface area (Å²) in [6.45, 7) is 3.51. The smallest absolute Gasteiger partial charge is 0.227 e. The lowest BCUT2D eigenvalue weighted by Crippen LogP contribution is -2.37. The molecule has 0 aromatic heterocycles. The Labute approximate surface area is 165 Å². The molecule has 0 radical (unpaired) electrons. The van der Waals surface area contributed by atoms with E-state index < -0.39 is 0 Å². The predicted molar refractivity (Wildman–Crippen MR) is 110 cm³/mol. The average molecular weight is 382 g/mol. The number of hydrogen-bond acceptors (Lipinski definition) is 2. The molecule has 28 heavy (non-hydrogen) atoms. The largest absolute Gasteiger partial charge is 0.357 e. The van der Waals surface area contributed by atoms with Crippen molar-refractivity contribution in [3.8, 4) is 0 Å². The zero-order chi connectivity index (χ0) is 19.8. The van der Waals surface area contributed by atoms with Gasteiger partial charge in [-0.15, -0.1) is 0 Å². The van der Waals surface area contributed by atoms with E-state index in [0.717, 1.165) is 30.5 Å². The van der Waals surface area contributed by atoms with Gasteiger partial charge in [-0.25, -0.2) is 9.38 Å². The molecule has 5 nitrogen and oxygen atoms in total. The highest BCUT2D eigenvalue weighted by Gasteiger charge is 2.25. The van der Waals surface area contributed by atoms with Gasteiger partial charge in [-0.05, 0) is 43.5 Å². The van der Waals surface area contributed by atoms with Gasteiger partial charge in [0.2, 0.25) is 5.91 Å². The number of benzene rings is 2. The van der Waals surface area contributed by atoms with Crippen LogP contribution in [0.5, 0.6) is 0 Å². The van der Waals surface area contributed by atoms with E-state index >= 15 is 0 Å². The Morgan fingerprint density at radius 2 is 1.96 bits per heavy atom. The van der Waals surface area contributed by atoms with Gasteiger partial charge in [0, 0.05) is 30.3 Å². The molecule has 0 saturated heterocycles. The predicted octanol–water partition coefficient (Wildman–Crippen LogP) is 3.82. The zero-order valence-electron chi connectivity index (χ0n) is 16.2. The summed E-state index contributed by atoms with van der Waals surface area (Å²) in [5, 5.41) is 9.31. The third-order valence-electron chi connectivity index (χ3n) is 4.84.